The number of thioether (sulfide) groups is 1. The molecule has 0 saturated heterocycles. The van der Waals surface area contributed by atoms with Gasteiger partial charge in [-0.2, -0.15) is 0 Å². The number of nitrogens with zero attached hydrogens (tertiary/aromatic N) is 5. The minimum absolute atomic E-state index is 0.0563. The lowest BCUT2D eigenvalue weighted by Gasteiger charge is -2.18. The Labute approximate surface area is 212 Å². The van der Waals surface area contributed by atoms with Crippen LogP contribution >= 0.6 is 11.8 Å². The van der Waals surface area contributed by atoms with Crippen molar-refractivity contribution in [3.8, 4) is 11.4 Å². The summed E-state index contributed by atoms with van der Waals surface area (Å²) in [6.07, 6.45) is 0. The van der Waals surface area contributed by atoms with Gasteiger partial charge in [-0.1, -0.05) is 60.3 Å². The van der Waals surface area contributed by atoms with Gasteiger partial charge in [-0.3, -0.25) is 14.0 Å². The van der Waals surface area contributed by atoms with Gasteiger partial charge in [-0.05, 0) is 36.8 Å². The van der Waals surface area contributed by atoms with E-state index in [0.717, 1.165) is 22.6 Å². The quantitative estimate of drug-likeness (QED) is 0.314. The van der Waals surface area contributed by atoms with Crippen LogP contribution in [0.2, 0.25) is 0 Å². The average Bonchev–Trinajstić information content (AvgIpc) is 3.32. The first-order chi connectivity index (χ1) is 17.5. The molecule has 3 aromatic carbocycles. The van der Waals surface area contributed by atoms with Crippen molar-refractivity contribution in [3.63, 3.8) is 0 Å². The first kappa shape index (κ1) is 23.6. The Morgan fingerprint density at radius 3 is 2.53 bits per heavy atom. The number of aromatic nitrogens is 4. The van der Waals surface area contributed by atoms with Gasteiger partial charge in [0, 0.05) is 19.2 Å². The fourth-order valence-electron chi connectivity index (χ4n) is 4.22. The molecule has 2 heterocycles. The van der Waals surface area contributed by atoms with Crippen LogP contribution in [0.1, 0.15) is 11.1 Å². The van der Waals surface area contributed by atoms with Gasteiger partial charge in [0.2, 0.25) is 11.7 Å². The van der Waals surface area contributed by atoms with Gasteiger partial charge in [0.15, 0.2) is 5.16 Å². The van der Waals surface area contributed by atoms with E-state index in [1.807, 2.05) is 78.1 Å². The molecule has 5 aromatic rings. The molecular formula is C27H25N5O3S. The molecule has 0 aliphatic heterocycles. The predicted octanol–water partition coefficient (Wildman–Crippen LogP) is 4.10. The predicted molar refractivity (Wildman–Crippen MR) is 141 cm³/mol. The summed E-state index contributed by atoms with van der Waals surface area (Å²) in [4.78, 5) is 28.1. The number of carbonyl (C=O) groups excluding carboxylic acids is 1. The van der Waals surface area contributed by atoms with Crippen molar-refractivity contribution in [1.82, 2.24) is 24.1 Å². The number of ether oxygens (including phenoxy) is 1. The maximum Gasteiger partial charge on any atom is 0.267 e. The molecule has 1 amide bonds. The summed E-state index contributed by atoms with van der Waals surface area (Å²) in [5, 5.41) is 9.84. The monoisotopic (exact) mass is 499 g/mol. The standard InChI is InChI=1S/C27H25N5O3S/c1-18-10-4-7-13-21(18)31-25(34)20-12-6-8-14-22(20)32-26(31)28-29-27(32)36-17-24(33)30(2)16-19-11-5-9-15-23(19)35-3/h4-15H,16-17H2,1-3H3. The van der Waals surface area contributed by atoms with Crippen LogP contribution in [0.25, 0.3) is 22.4 Å². The van der Waals surface area contributed by atoms with E-state index >= 15 is 0 Å². The van der Waals surface area contributed by atoms with Crippen molar-refractivity contribution >= 4 is 34.3 Å². The smallest absolute Gasteiger partial charge is 0.267 e. The van der Waals surface area contributed by atoms with E-state index < -0.39 is 0 Å². The van der Waals surface area contributed by atoms with Crippen molar-refractivity contribution in [1.29, 1.82) is 0 Å². The highest BCUT2D eigenvalue weighted by atomic mass is 32.2. The van der Waals surface area contributed by atoms with Crippen molar-refractivity contribution in [2.24, 2.45) is 0 Å². The fourth-order valence-corrected chi connectivity index (χ4v) is 5.10. The second-order valence-corrected chi connectivity index (χ2v) is 9.36. The summed E-state index contributed by atoms with van der Waals surface area (Å²) in [5.41, 5.74) is 3.16. The number of aryl methyl sites for hydroxylation is 1. The molecule has 0 saturated carbocycles. The van der Waals surface area contributed by atoms with Gasteiger partial charge in [0.1, 0.15) is 5.75 Å². The maximum atomic E-state index is 13.5. The van der Waals surface area contributed by atoms with Crippen LogP contribution < -0.4 is 10.3 Å². The summed E-state index contributed by atoms with van der Waals surface area (Å²) in [7, 11) is 3.39. The number of amides is 1. The minimum atomic E-state index is -0.163. The first-order valence-corrected chi connectivity index (χ1v) is 12.4. The summed E-state index contributed by atoms with van der Waals surface area (Å²) < 4.78 is 8.84. The van der Waals surface area contributed by atoms with Crippen molar-refractivity contribution in [2.75, 3.05) is 19.9 Å². The van der Waals surface area contributed by atoms with Crippen LogP contribution in [-0.4, -0.2) is 49.9 Å². The van der Waals surface area contributed by atoms with E-state index in [1.54, 1.807) is 29.7 Å². The highest BCUT2D eigenvalue weighted by Gasteiger charge is 2.20. The second-order valence-electron chi connectivity index (χ2n) is 8.41. The Balaban J connectivity index is 1.49. The molecule has 0 radical (unpaired) electrons. The molecule has 0 bridgehead atoms. The number of rotatable bonds is 7. The Morgan fingerprint density at radius 1 is 1.00 bits per heavy atom. The van der Waals surface area contributed by atoms with Crippen LogP contribution in [0, 0.1) is 6.92 Å². The van der Waals surface area contributed by atoms with Gasteiger partial charge in [-0.25, -0.2) is 4.57 Å². The molecule has 0 aliphatic carbocycles. The number of benzene rings is 3. The van der Waals surface area contributed by atoms with Crippen LogP contribution in [-0.2, 0) is 11.3 Å². The zero-order chi connectivity index (χ0) is 25.2. The molecular weight excluding hydrogens is 474 g/mol. The van der Waals surface area contributed by atoms with Crippen LogP contribution in [0.5, 0.6) is 5.75 Å². The van der Waals surface area contributed by atoms with E-state index in [9.17, 15) is 9.59 Å². The lowest BCUT2D eigenvalue weighted by Crippen LogP contribution is -2.28. The molecule has 9 heteroatoms. The van der Waals surface area contributed by atoms with Gasteiger partial charge < -0.3 is 9.64 Å². The average molecular weight is 500 g/mol. The molecule has 182 valence electrons. The highest BCUT2D eigenvalue weighted by Crippen LogP contribution is 2.25. The molecule has 0 unspecified atom stereocenters. The van der Waals surface area contributed by atoms with E-state index in [-0.39, 0.29) is 17.2 Å². The third kappa shape index (κ3) is 4.22. The third-order valence-corrected chi connectivity index (χ3v) is 7.02. The molecule has 5 rings (SSSR count). The SMILES string of the molecule is COc1ccccc1CN(C)C(=O)CSc1nnc2n(-c3ccccc3C)c(=O)c3ccccc3n12. The Hall–Kier alpha value is -4.11. The lowest BCUT2D eigenvalue weighted by atomic mass is 10.2. The van der Waals surface area contributed by atoms with E-state index in [0.29, 0.717) is 28.4 Å². The van der Waals surface area contributed by atoms with E-state index in [4.69, 9.17) is 4.74 Å². The molecule has 0 atom stereocenters. The number of carbonyl (C=O) groups is 1. The Kier molecular flexibility index (Phi) is 6.47. The minimum Gasteiger partial charge on any atom is -0.496 e. The molecule has 0 N–H and O–H groups in total. The van der Waals surface area contributed by atoms with Crippen molar-refractivity contribution < 1.29 is 9.53 Å². The topological polar surface area (TPSA) is 81.7 Å². The Morgan fingerprint density at radius 2 is 1.72 bits per heavy atom. The summed E-state index contributed by atoms with van der Waals surface area (Å²) in [6.45, 7) is 2.38. The van der Waals surface area contributed by atoms with Crippen molar-refractivity contribution in [3.05, 3.63) is 94.3 Å². The zero-order valence-electron chi connectivity index (χ0n) is 20.2. The molecule has 2 aromatic heterocycles. The lowest BCUT2D eigenvalue weighted by molar-refractivity contribution is -0.127. The maximum absolute atomic E-state index is 13.5. The first-order valence-electron chi connectivity index (χ1n) is 11.4. The van der Waals surface area contributed by atoms with E-state index in [1.165, 1.54) is 11.8 Å². The number of para-hydroxylation sites is 3. The van der Waals surface area contributed by atoms with Crippen LogP contribution in [0.15, 0.2) is 82.7 Å². The zero-order valence-corrected chi connectivity index (χ0v) is 21.0. The van der Waals surface area contributed by atoms with Gasteiger partial charge in [0.25, 0.3) is 5.56 Å². The van der Waals surface area contributed by atoms with E-state index in [2.05, 4.69) is 10.2 Å². The number of fused-ring (bicyclic) bond motifs is 3. The molecule has 0 spiro atoms. The molecule has 8 nitrogen and oxygen atoms in total. The molecule has 0 fully saturated rings. The van der Waals surface area contributed by atoms with Crippen LogP contribution in [0.3, 0.4) is 0 Å². The summed E-state index contributed by atoms with van der Waals surface area (Å²) >= 11 is 1.29. The van der Waals surface area contributed by atoms with Crippen LogP contribution in [0.4, 0.5) is 0 Å². The Bertz CT molecular complexity index is 1640. The number of hydrogen-bond donors (Lipinski definition) is 0. The third-order valence-electron chi connectivity index (χ3n) is 6.10. The van der Waals surface area contributed by atoms with Gasteiger partial charge in [-0.15, -0.1) is 10.2 Å². The summed E-state index contributed by atoms with van der Waals surface area (Å²) in [6, 6.07) is 22.7. The second kappa shape index (κ2) is 9.87. The number of methoxy groups -OCH3 is 1. The van der Waals surface area contributed by atoms with Gasteiger partial charge >= 0.3 is 0 Å². The normalized spacial score (nSPS) is 11.2. The number of hydrogen-bond acceptors (Lipinski definition) is 6. The summed E-state index contributed by atoms with van der Waals surface area (Å²) in [5.74, 6) is 1.27. The molecule has 0 aliphatic rings. The highest BCUT2D eigenvalue weighted by molar-refractivity contribution is 7.99. The van der Waals surface area contributed by atoms with Gasteiger partial charge in [0.05, 0.1) is 29.5 Å². The van der Waals surface area contributed by atoms with Crippen molar-refractivity contribution in [2.45, 2.75) is 18.6 Å². The largest absolute Gasteiger partial charge is 0.496 e. The molecule has 36 heavy (non-hydrogen) atoms. The fraction of sp³-hybridized carbons (Fsp3) is 0.185.